The van der Waals surface area contributed by atoms with Crippen molar-refractivity contribution in [2.75, 3.05) is 0 Å². The molecule has 0 saturated heterocycles. The minimum absolute atomic E-state index is 0.0803. The Morgan fingerprint density at radius 3 is 2.55 bits per heavy atom. The summed E-state index contributed by atoms with van der Waals surface area (Å²) in [5, 5.41) is 4.29. The summed E-state index contributed by atoms with van der Waals surface area (Å²) in [6.07, 6.45) is 6.15. The molecule has 1 aromatic heterocycles. The Hall–Kier alpha value is -0.900. The molecule has 3 unspecified atom stereocenters. The van der Waals surface area contributed by atoms with Crippen LogP contribution in [0.15, 0.2) is 0 Å². The number of carbonyl (C=O) groups is 1. The van der Waals surface area contributed by atoms with Crippen molar-refractivity contribution < 1.29 is 4.79 Å². The lowest BCUT2D eigenvalue weighted by Gasteiger charge is -2.36. The zero-order valence-corrected chi connectivity index (χ0v) is 15.4. The van der Waals surface area contributed by atoms with Crippen molar-refractivity contribution in [3.8, 4) is 0 Å². The average Bonchev–Trinajstić information content (AvgIpc) is 2.77. The Balaban J connectivity index is 2.05. The first-order chi connectivity index (χ1) is 10.4. The minimum Gasteiger partial charge on any atom is -0.348 e. The van der Waals surface area contributed by atoms with Gasteiger partial charge in [-0.2, -0.15) is 0 Å². The molecule has 1 fully saturated rings. The Kier molecular flexibility index (Phi) is 6.01. The minimum atomic E-state index is 0.0803. The van der Waals surface area contributed by atoms with Gasteiger partial charge in [-0.1, -0.05) is 33.6 Å². The van der Waals surface area contributed by atoms with E-state index >= 15 is 0 Å². The molecular formula is C18H30N2OS. The molecule has 0 aliphatic heterocycles. The van der Waals surface area contributed by atoms with Crippen molar-refractivity contribution in [2.24, 2.45) is 17.8 Å². The predicted octanol–water partition coefficient (Wildman–Crippen LogP) is 4.73. The van der Waals surface area contributed by atoms with Gasteiger partial charge in [0.05, 0.1) is 10.7 Å². The number of hydrogen-bond donors (Lipinski definition) is 1. The lowest BCUT2D eigenvalue weighted by atomic mass is 9.74. The van der Waals surface area contributed by atoms with Gasteiger partial charge in [0.2, 0.25) is 0 Å². The molecule has 4 heteroatoms. The standard InChI is InChI=1S/C18H30N2OS/c1-11(2)10-12(3)15-8-6-7-9-16(15)20-18(21)17-13(4)19-14(5)22-17/h11-12,15-16H,6-10H2,1-5H3,(H,20,21). The van der Waals surface area contributed by atoms with E-state index < -0.39 is 0 Å². The number of aromatic nitrogens is 1. The van der Waals surface area contributed by atoms with Crippen molar-refractivity contribution in [1.82, 2.24) is 10.3 Å². The first kappa shape index (κ1) is 17.5. The highest BCUT2D eigenvalue weighted by atomic mass is 32.1. The number of nitrogens with one attached hydrogen (secondary N) is 1. The number of aryl methyl sites for hydroxylation is 2. The largest absolute Gasteiger partial charge is 0.348 e. The molecule has 124 valence electrons. The fourth-order valence-corrected chi connectivity index (χ4v) is 4.74. The molecule has 0 radical (unpaired) electrons. The van der Waals surface area contributed by atoms with Crippen molar-refractivity contribution in [1.29, 1.82) is 0 Å². The van der Waals surface area contributed by atoms with Crippen LogP contribution in [0, 0.1) is 31.6 Å². The molecule has 22 heavy (non-hydrogen) atoms. The number of amides is 1. The third-order valence-corrected chi connectivity index (χ3v) is 5.89. The van der Waals surface area contributed by atoms with Gasteiger partial charge >= 0.3 is 0 Å². The zero-order chi connectivity index (χ0) is 16.3. The quantitative estimate of drug-likeness (QED) is 0.851. The van der Waals surface area contributed by atoms with Crippen LogP contribution in [0.25, 0.3) is 0 Å². The zero-order valence-electron chi connectivity index (χ0n) is 14.6. The summed E-state index contributed by atoms with van der Waals surface area (Å²) in [5.74, 6) is 2.10. The van der Waals surface area contributed by atoms with Gasteiger partial charge in [-0.25, -0.2) is 4.98 Å². The topological polar surface area (TPSA) is 42.0 Å². The molecule has 1 amide bonds. The summed E-state index contributed by atoms with van der Waals surface area (Å²) in [6, 6.07) is 0.330. The Labute approximate surface area is 138 Å². The van der Waals surface area contributed by atoms with Gasteiger partial charge in [-0.05, 0) is 50.9 Å². The van der Waals surface area contributed by atoms with Crippen LogP contribution >= 0.6 is 11.3 Å². The molecule has 3 atom stereocenters. The van der Waals surface area contributed by atoms with Crippen LogP contribution in [0.1, 0.15) is 73.2 Å². The fraction of sp³-hybridized carbons (Fsp3) is 0.778. The molecule has 1 aromatic rings. The summed E-state index contributed by atoms with van der Waals surface area (Å²) in [6.45, 7) is 10.8. The predicted molar refractivity (Wildman–Crippen MR) is 93.4 cm³/mol. The molecule has 3 nitrogen and oxygen atoms in total. The highest BCUT2D eigenvalue weighted by Gasteiger charge is 2.31. The molecule has 1 aliphatic carbocycles. The molecule has 1 aliphatic rings. The molecule has 1 heterocycles. The van der Waals surface area contributed by atoms with E-state index in [-0.39, 0.29) is 5.91 Å². The van der Waals surface area contributed by atoms with Gasteiger partial charge in [0.15, 0.2) is 0 Å². The lowest BCUT2D eigenvalue weighted by Crippen LogP contribution is -2.44. The van der Waals surface area contributed by atoms with Crippen LogP contribution in [0.2, 0.25) is 0 Å². The highest BCUT2D eigenvalue weighted by Crippen LogP contribution is 2.34. The average molecular weight is 323 g/mol. The Morgan fingerprint density at radius 1 is 1.27 bits per heavy atom. The summed E-state index contributed by atoms with van der Waals surface area (Å²) >= 11 is 1.51. The van der Waals surface area contributed by atoms with E-state index in [2.05, 4.69) is 31.1 Å². The van der Waals surface area contributed by atoms with Gasteiger partial charge in [-0.3, -0.25) is 4.79 Å². The number of carbonyl (C=O) groups excluding carboxylic acids is 1. The lowest BCUT2D eigenvalue weighted by molar-refractivity contribution is 0.0881. The van der Waals surface area contributed by atoms with Gasteiger partial charge in [0.1, 0.15) is 4.88 Å². The second-order valence-electron chi connectivity index (χ2n) is 7.28. The number of hydrogen-bond acceptors (Lipinski definition) is 3. The van der Waals surface area contributed by atoms with Crippen LogP contribution < -0.4 is 5.32 Å². The molecule has 0 aromatic carbocycles. The number of nitrogens with zero attached hydrogens (tertiary/aromatic N) is 1. The van der Waals surface area contributed by atoms with E-state index in [1.165, 1.54) is 37.0 Å². The van der Waals surface area contributed by atoms with Crippen LogP contribution in [0.4, 0.5) is 0 Å². The van der Waals surface area contributed by atoms with Gasteiger partial charge in [-0.15, -0.1) is 11.3 Å². The van der Waals surface area contributed by atoms with E-state index in [1.54, 1.807) is 0 Å². The molecule has 1 saturated carbocycles. The van der Waals surface area contributed by atoms with Crippen molar-refractivity contribution in [2.45, 2.75) is 72.8 Å². The normalized spacial score (nSPS) is 23.5. The van der Waals surface area contributed by atoms with Crippen LogP contribution in [0.5, 0.6) is 0 Å². The maximum Gasteiger partial charge on any atom is 0.263 e. The first-order valence-electron chi connectivity index (χ1n) is 8.63. The van der Waals surface area contributed by atoms with E-state index in [0.29, 0.717) is 17.9 Å². The maximum absolute atomic E-state index is 12.6. The summed E-state index contributed by atoms with van der Waals surface area (Å²) < 4.78 is 0. The summed E-state index contributed by atoms with van der Waals surface area (Å²) in [4.78, 5) is 17.8. The molecule has 0 spiro atoms. The second-order valence-corrected chi connectivity index (χ2v) is 8.49. The fourth-order valence-electron chi connectivity index (χ4n) is 3.91. The van der Waals surface area contributed by atoms with Crippen molar-refractivity contribution >= 4 is 17.2 Å². The van der Waals surface area contributed by atoms with Gasteiger partial charge in [0.25, 0.3) is 5.91 Å². The summed E-state index contributed by atoms with van der Waals surface area (Å²) in [5.41, 5.74) is 0.864. The first-order valence-corrected chi connectivity index (χ1v) is 9.45. The second kappa shape index (κ2) is 7.58. The molecular weight excluding hydrogens is 292 g/mol. The Bertz CT molecular complexity index is 509. The van der Waals surface area contributed by atoms with E-state index in [9.17, 15) is 4.79 Å². The maximum atomic E-state index is 12.6. The SMILES string of the molecule is Cc1nc(C)c(C(=O)NC2CCCCC2C(C)CC(C)C)s1. The highest BCUT2D eigenvalue weighted by molar-refractivity contribution is 7.13. The van der Waals surface area contributed by atoms with Crippen LogP contribution in [-0.2, 0) is 0 Å². The van der Waals surface area contributed by atoms with Crippen molar-refractivity contribution in [3.05, 3.63) is 15.6 Å². The van der Waals surface area contributed by atoms with E-state index in [4.69, 9.17) is 0 Å². The molecule has 2 rings (SSSR count). The third kappa shape index (κ3) is 4.31. The monoisotopic (exact) mass is 322 g/mol. The van der Waals surface area contributed by atoms with Gasteiger partial charge < -0.3 is 5.32 Å². The van der Waals surface area contributed by atoms with Crippen LogP contribution in [0.3, 0.4) is 0 Å². The summed E-state index contributed by atoms with van der Waals surface area (Å²) in [7, 11) is 0. The van der Waals surface area contributed by atoms with Crippen molar-refractivity contribution in [3.63, 3.8) is 0 Å². The number of rotatable bonds is 5. The molecule has 0 bridgehead atoms. The van der Waals surface area contributed by atoms with Crippen LogP contribution in [-0.4, -0.2) is 16.9 Å². The smallest absolute Gasteiger partial charge is 0.263 e. The van der Waals surface area contributed by atoms with E-state index in [0.717, 1.165) is 27.9 Å². The number of thiazole rings is 1. The Morgan fingerprint density at radius 2 is 1.95 bits per heavy atom. The van der Waals surface area contributed by atoms with Gasteiger partial charge in [0, 0.05) is 6.04 Å². The third-order valence-electron chi connectivity index (χ3n) is 4.82. The van der Waals surface area contributed by atoms with E-state index in [1.807, 2.05) is 13.8 Å². The molecule has 1 N–H and O–H groups in total.